The summed E-state index contributed by atoms with van der Waals surface area (Å²) < 4.78 is 13.0. The third-order valence-corrected chi connectivity index (χ3v) is 3.00. The fraction of sp³-hybridized carbons (Fsp3) is 0.400. The molecule has 0 saturated heterocycles. The molecule has 22 heavy (non-hydrogen) atoms. The van der Waals surface area contributed by atoms with Gasteiger partial charge in [0.1, 0.15) is 5.82 Å². The molecule has 0 atom stereocenters. The Morgan fingerprint density at radius 2 is 2.05 bits per heavy atom. The van der Waals surface area contributed by atoms with E-state index in [1.807, 2.05) is 0 Å². The standard InChI is InChI=1S/C15H19FN2O4/c1-18(7-3-6-15(21)22)14(20)10-17-13(19)9-11-4-2-5-12(16)8-11/h2,4-5,8H,3,6-7,9-10H2,1H3,(H,17,19)(H,21,22). The van der Waals surface area contributed by atoms with Crippen molar-refractivity contribution >= 4 is 17.8 Å². The van der Waals surface area contributed by atoms with Crippen molar-refractivity contribution < 1.29 is 23.9 Å². The van der Waals surface area contributed by atoms with Crippen molar-refractivity contribution in [1.82, 2.24) is 10.2 Å². The maximum absolute atomic E-state index is 13.0. The van der Waals surface area contributed by atoms with Crippen LogP contribution in [0.25, 0.3) is 0 Å². The summed E-state index contributed by atoms with van der Waals surface area (Å²) in [6.07, 6.45) is 0.339. The number of hydrogen-bond donors (Lipinski definition) is 2. The van der Waals surface area contributed by atoms with Gasteiger partial charge in [-0.25, -0.2) is 4.39 Å². The molecule has 0 aliphatic rings. The lowest BCUT2D eigenvalue weighted by molar-refractivity contribution is -0.137. The van der Waals surface area contributed by atoms with Crippen LogP contribution in [0.1, 0.15) is 18.4 Å². The second kappa shape index (κ2) is 8.76. The van der Waals surface area contributed by atoms with E-state index < -0.39 is 11.8 Å². The van der Waals surface area contributed by atoms with Crippen molar-refractivity contribution in [3.63, 3.8) is 0 Å². The van der Waals surface area contributed by atoms with Gasteiger partial charge in [0.2, 0.25) is 11.8 Å². The topological polar surface area (TPSA) is 86.7 Å². The van der Waals surface area contributed by atoms with Gasteiger partial charge in [-0.1, -0.05) is 12.1 Å². The molecular formula is C15H19FN2O4. The summed E-state index contributed by atoms with van der Waals surface area (Å²) in [5.74, 6) is -2.01. The van der Waals surface area contributed by atoms with E-state index in [0.717, 1.165) is 0 Å². The first-order chi connectivity index (χ1) is 10.4. The van der Waals surface area contributed by atoms with E-state index in [9.17, 15) is 18.8 Å². The van der Waals surface area contributed by atoms with Crippen molar-refractivity contribution in [2.24, 2.45) is 0 Å². The molecule has 0 spiro atoms. The molecule has 0 fully saturated rings. The average Bonchev–Trinajstić information content (AvgIpc) is 2.44. The Hall–Kier alpha value is -2.44. The Kier molecular flexibility index (Phi) is 7.01. The zero-order valence-corrected chi connectivity index (χ0v) is 12.3. The summed E-state index contributed by atoms with van der Waals surface area (Å²) in [5.41, 5.74) is 0.528. The Labute approximate surface area is 127 Å². The van der Waals surface area contributed by atoms with Crippen LogP contribution < -0.4 is 5.32 Å². The number of hydrogen-bond acceptors (Lipinski definition) is 3. The maximum atomic E-state index is 13.0. The van der Waals surface area contributed by atoms with Crippen LogP contribution >= 0.6 is 0 Å². The van der Waals surface area contributed by atoms with Gasteiger partial charge in [0.15, 0.2) is 0 Å². The van der Waals surface area contributed by atoms with E-state index in [-0.39, 0.29) is 31.2 Å². The third-order valence-electron chi connectivity index (χ3n) is 3.00. The highest BCUT2D eigenvalue weighted by molar-refractivity contribution is 5.85. The van der Waals surface area contributed by atoms with Crippen LogP contribution in [-0.4, -0.2) is 47.9 Å². The van der Waals surface area contributed by atoms with Crippen molar-refractivity contribution in [2.75, 3.05) is 20.1 Å². The van der Waals surface area contributed by atoms with Gasteiger partial charge in [0.05, 0.1) is 13.0 Å². The second-order valence-corrected chi connectivity index (χ2v) is 4.90. The van der Waals surface area contributed by atoms with Crippen molar-refractivity contribution in [3.05, 3.63) is 35.6 Å². The largest absolute Gasteiger partial charge is 0.481 e. The van der Waals surface area contributed by atoms with Crippen LogP contribution in [-0.2, 0) is 20.8 Å². The molecule has 2 N–H and O–H groups in total. The first-order valence-corrected chi connectivity index (χ1v) is 6.85. The molecule has 7 heteroatoms. The molecule has 120 valence electrons. The molecule has 0 heterocycles. The lowest BCUT2D eigenvalue weighted by Crippen LogP contribution is -2.39. The summed E-state index contributed by atoms with van der Waals surface area (Å²) in [6.45, 7) is 0.141. The lowest BCUT2D eigenvalue weighted by Gasteiger charge is -2.16. The SMILES string of the molecule is CN(CCCC(=O)O)C(=O)CNC(=O)Cc1cccc(F)c1. The Morgan fingerprint density at radius 1 is 1.32 bits per heavy atom. The molecule has 2 amide bonds. The summed E-state index contributed by atoms with van der Waals surface area (Å²) in [7, 11) is 1.54. The summed E-state index contributed by atoms with van der Waals surface area (Å²) in [4.78, 5) is 35.1. The molecule has 1 aromatic carbocycles. The second-order valence-electron chi connectivity index (χ2n) is 4.90. The summed E-state index contributed by atoms with van der Waals surface area (Å²) >= 11 is 0. The molecule has 0 unspecified atom stereocenters. The van der Waals surface area contributed by atoms with Gasteiger partial charge < -0.3 is 15.3 Å². The van der Waals surface area contributed by atoms with Gasteiger partial charge in [-0.2, -0.15) is 0 Å². The van der Waals surface area contributed by atoms with E-state index in [1.165, 1.54) is 23.1 Å². The number of likely N-dealkylation sites (N-methyl/N-ethyl adjacent to an activating group) is 1. The number of amides is 2. The molecule has 6 nitrogen and oxygen atoms in total. The number of carboxylic acids is 1. The van der Waals surface area contributed by atoms with Crippen LogP contribution in [0, 0.1) is 5.82 Å². The Morgan fingerprint density at radius 3 is 2.68 bits per heavy atom. The molecular weight excluding hydrogens is 291 g/mol. The van der Waals surface area contributed by atoms with Crippen molar-refractivity contribution in [1.29, 1.82) is 0 Å². The lowest BCUT2D eigenvalue weighted by atomic mass is 10.1. The molecule has 0 bridgehead atoms. The highest BCUT2D eigenvalue weighted by Gasteiger charge is 2.11. The number of halogens is 1. The molecule has 0 aromatic heterocycles. The number of carbonyl (C=O) groups is 3. The summed E-state index contributed by atoms with van der Waals surface area (Å²) in [6, 6.07) is 5.69. The van der Waals surface area contributed by atoms with E-state index in [4.69, 9.17) is 5.11 Å². The van der Waals surface area contributed by atoms with E-state index >= 15 is 0 Å². The average molecular weight is 310 g/mol. The van der Waals surface area contributed by atoms with E-state index in [1.54, 1.807) is 13.1 Å². The quantitative estimate of drug-likeness (QED) is 0.744. The van der Waals surface area contributed by atoms with Crippen molar-refractivity contribution in [3.8, 4) is 0 Å². The van der Waals surface area contributed by atoms with Crippen LogP contribution in [0.15, 0.2) is 24.3 Å². The molecule has 0 radical (unpaired) electrons. The van der Waals surface area contributed by atoms with Gasteiger partial charge in [-0.15, -0.1) is 0 Å². The highest BCUT2D eigenvalue weighted by Crippen LogP contribution is 2.04. The minimum absolute atomic E-state index is 0.00618. The fourth-order valence-corrected chi connectivity index (χ4v) is 1.80. The predicted octanol–water partition coefficient (Wildman–Crippen LogP) is 0.808. The minimum Gasteiger partial charge on any atom is -0.481 e. The molecule has 0 aliphatic carbocycles. The van der Waals surface area contributed by atoms with Crippen LogP contribution in [0.5, 0.6) is 0 Å². The van der Waals surface area contributed by atoms with Gasteiger partial charge in [-0.05, 0) is 24.1 Å². The number of carbonyl (C=O) groups excluding carboxylic acids is 2. The maximum Gasteiger partial charge on any atom is 0.303 e. The zero-order chi connectivity index (χ0) is 16.5. The van der Waals surface area contributed by atoms with Crippen LogP contribution in [0.4, 0.5) is 4.39 Å². The summed E-state index contributed by atoms with van der Waals surface area (Å²) in [5, 5.41) is 11.0. The monoisotopic (exact) mass is 310 g/mol. The molecule has 0 saturated carbocycles. The fourth-order valence-electron chi connectivity index (χ4n) is 1.80. The van der Waals surface area contributed by atoms with E-state index in [2.05, 4.69) is 5.32 Å². The molecule has 0 aliphatic heterocycles. The number of benzene rings is 1. The number of rotatable bonds is 8. The predicted molar refractivity (Wildman–Crippen MR) is 77.6 cm³/mol. The first kappa shape index (κ1) is 17.6. The molecule has 1 rings (SSSR count). The van der Waals surface area contributed by atoms with Gasteiger partial charge in [0.25, 0.3) is 0 Å². The number of carboxylic acid groups (broad SMARTS) is 1. The third kappa shape index (κ3) is 6.83. The van der Waals surface area contributed by atoms with Gasteiger partial charge in [-0.3, -0.25) is 14.4 Å². The van der Waals surface area contributed by atoms with Crippen LogP contribution in [0.3, 0.4) is 0 Å². The number of nitrogens with one attached hydrogen (secondary N) is 1. The minimum atomic E-state index is -0.913. The normalized spacial score (nSPS) is 10.1. The highest BCUT2D eigenvalue weighted by atomic mass is 19.1. The van der Waals surface area contributed by atoms with Crippen molar-refractivity contribution in [2.45, 2.75) is 19.3 Å². The van der Waals surface area contributed by atoms with Gasteiger partial charge >= 0.3 is 5.97 Å². The van der Waals surface area contributed by atoms with E-state index in [0.29, 0.717) is 18.5 Å². The smallest absolute Gasteiger partial charge is 0.303 e. The Balaban J connectivity index is 2.30. The zero-order valence-electron chi connectivity index (χ0n) is 12.3. The molecule has 1 aromatic rings. The van der Waals surface area contributed by atoms with Gasteiger partial charge in [0, 0.05) is 20.0 Å². The first-order valence-electron chi connectivity index (χ1n) is 6.85. The van der Waals surface area contributed by atoms with Crippen LogP contribution in [0.2, 0.25) is 0 Å². The Bertz CT molecular complexity index is 548. The number of nitrogens with zero attached hydrogens (tertiary/aromatic N) is 1. The number of aliphatic carboxylic acids is 1.